The molecule has 122 valence electrons. The number of primary amides is 1. The van der Waals surface area contributed by atoms with E-state index < -0.39 is 5.91 Å². The molecular weight excluding hydrogens is 302 g/mol. The van der Waals surface area contributed by atoms with Crippen molar-refractivity contribution in [2.24, 2.45) is 5.73 Å². The van der Waals surface area contributed by atoms with Gasteiger partial charge in [0.05, 0.1) is 12.6 Å². The highest BCUT2D eigenvalue weighted by atomic mass is 16.5. The first-order valence-corrected chi connectivity index (χ1v) is 7.69. The number of methoxy groups -OCH3 is 1. The van der Waals surface area contributed by atoms with Crippen LogP contribution < -0.4 is 15.8 Å². The number of fused-ring (bicyclic) bond motifs is 1. The maximum atomic E-state index is 11.2. The molecule has 0 spiro atoms. The summed E-state index contributed by atoms with van der Waals surface area (Å²) in [5, 5.41) is 4.43. The number of amides is 1. The standard InChI is InChI=1S/C19H19N3O2/c1-24-19-16(10-14-6-2-3-8-17(14)22-19)12-21-11-13-5-4-7-15(9-13)18(20)23/h2-10,21H,11-12H2,1H3,(H2,20,23). The predicted molar refractivity (Wildman–Crippen MR) is 93.8 cm³/mol. The molecule has 3 rings (SSSR count). The lowest BCUT2D eigenvalue weighted by Crippen LogP contribution is -2.15. The molecule has 0 fully saturated rings. The fraction of sp³-hybridized carbons (Fsp3) is 0.158. The Bertz CT molecular complexity index is 877. The van der Waals surface area contributed by atoms with Crippen LogP contribution in [-0.4, -0.2) is 18.0 Å². The van der Waals surface area contributed by atoms with Crippen molar-refractivity contribution < 1.29 is 9.53 Å². The zero-order chi connectivity index (χ0) is 16.9. The summed E-state index contributed by atoms with van der Waals surface area (Å²) in [6.07, 6.45) is 0. The Morgan fingerprint density at radius 3 is 2.75 bits per heavy atom. The predicted octanol–water partition coefficient (Wildman–Crippen LogP) is 2.63. The number of pyridine rings is 1. The molecule has 0 aliphatic carbocycles. The van der Waals surface area contributed by atoms with E-state index in [1.54, 1.807) is 19.2 Å². The Hall–Kier alpha value is -2.92. The Kier molecular flexibility index (Phi) is 4.72. The van der Waals surface area contributed by atoms with E-state index in [-0.39, 0.29) is 0 Å². The molecule has 5 heteroatoms. The molecule has 3 N–H and O–H groups in total. The number of carbonyl (C=O) groups excluding carboxylic acids is 1. The van der Waals surface area contributed by atoms with E-state index in [2.05, 4.69) is 16.4 Å². The average molecular weight is 321 g/mol. The number of nitrogens with one attached hydrogen (secondary N) is 1. The highest BCUT2D eigenvalue weighted by molar-refractivity contribution is 5.92. The second-order valence-corrected chi connectivity index (χ2v) is 5.52. The lowest BCUT2D eigenvalue weighted by Gasteiger charge is -2.11. The summed E-state index contributed by atoms with van der Waals surface area (Å²) in [5.41, 5.74) is 8.72. The number of hydrogen-bond donors (Lipinski definition) is 2. The molecule has 0 atom stereocenters. The monoisotopic (exact) mass is 321 g/mol. The highest BCUT2D eigenvalue weighted by Crippen LogP contribution is 2.22. The third-order valence-electron chi connectivity index (χ3n) is 3.81. The van der Waals surface area contributed by atoms with Crippen LogP contribution in [0.3, 0.4) is 0 Å². The normalized spacial score (nSPS) is 10.7. The zero-order valence-electron chi connectivity index (χ0n) is 13.5. The Morgan fingerprint density at radius 1 is 1.12 bits per heavy atom. The molecule has 1 heterocycles. The van der Waals surface area contributed by atoms with E-state index in [1.807, 2.05) is 36.4 Å². The Morgan fingerprint density at radius 2 is 1.96 bits per heavy atom. The molecule has 1 amide bonds. The van der Waals surface area contributed by atoms with Crippen molar-refractivity contribution in [3.63, 3.8) is 0 Å². The highest BCUT2D eigenvalue weighted by Gasteiger charge is 2.07. The van der Waals surface area contributed by atoms with Crippen molar-refractivity contribution in [1.29, 1.82) is 0 Å². The van der Waals surface area contributed by atoms with Gasteiger partial charge in [0.25, 0.3) is 0 Å². The van der Waals surface area contributed by atoms with E-state index in [4.69, 9.17) is 10.5 Å². The molecule has 0 bridgehead atoms. The van der Waals surface area contributed by atoms with Crippen molar-refractivity contribution in [2.45, 2.75) is 13.1 Å². The van der Waals surface area contributed by atoms with Crippen molar-refractivity contribution in [3.05, 3.63) is 71.3 Å². The topological polar surface area (TPSA) is 77.2 Å². The van der Waals surface area contributed by atoms with Crippen molar-refractivity contribution in [1.82, 2.24) is 10.3 Å². The molecule has 0 saturated heterocycles. The summed E-state index contributed by atoms with van der Waals surface area (Å²) in [6.45, 7) is 1.24. The first-order chi connectivity index (χ1) is 11.7. The summed E-state index contributed by atoms with van der Waals surface area (Å²) in [4.78, 5) is 15.8. The van der Waals surface area contributed by atoms with Gasteiger partial charge in [0, 0.05) is 29.6 Å². The summed E-state index contributed by atoms with van der Waals surface area (Å²) in [6, 6.07) is 17.3. The van der Waals surface area contributed by atoms with Crippen LogP contribution in [0.5, 0.6) is 5.88 Å². The number of benzene rings is 2. The third-order valence-corrected chi connectivity index (χ3v) is 3.81. The van der Waals surface area contributed by atoms with Crippen LogP contribution in [0.15, 0.2) is 54.6 Å². The van der Waals surface area contributed by atoms with Gasteiger partial charge >= 0.3 is 0 Å². The molecule has 0 saturated carbocycles. The molecule has 0 radical (unpaired) electrons. The average Bonchev–Trinajstić information content (AvgIpc) is 2.61. The van der Waals surface area contributed by atoms with Crippen LogP contribution in [0, 0.1) is 0 Å². The minimum Gasteiger partial charge on any atom is -0.481 e. The van der Waals surface area contributed by atoms with Crippen LogP contribution in [0.4, 0.5) is 0 Å². The fourth-order valence-electron chi connectivity index (χ4n) is 2.62. The SMILES string of the molecule is COc1nc2ccccc2cc1CNCc1cccc(C(N)=O)c1. The second kappa shape index (κ2) is 7.10. The third kappa shape index (κ3) is 3.52. The molecule has 0 unspecified atom stereocenters. The van der Waals surface area contributed by atoms with Gasteiger partial charge in [0.15, 0.2) is 0 Å². The second-order valence-electron chi connectivity index (χ2n) is 5.52. The van der Waals surface area contributed by atoms with E-state index in [0.717, 1.165) is 22.0 Å². The van der Waals surface area contributed by atoms with Crippen LogP contribution in [0.1, 0.15) is 21.5 Å². The van der Waals surface area contributed by atoms with Gasteiger partial charge in [-0.2, -0.15) is 0 Å². The van der Waals surface area contributed by atoms with Gasteiger partial charge < -0.3 is 15.8 Å². The van der Waals surface area contributed by atoms with Crippen LogP contribution >= 0.6 is 0 Å². The number of carbonyl (C=O) groups is 1. The fourth-order valence-corrected chi connectivity index (χ4v) is 2.62. The van der Waals surface area contributed by atoms with E-state index in [1.165, 1.54) is 0 Å². The molecular formula is C19H19N3O2. The van der Waals surface area contributed by atoms with Gasteiger partial charge in [-0.1, -0.05) is 30.3 Å². The number of ether oxygens (including phenoxy) is 1. The number of hydrogen-bond acceptors (Lipinski definition) is 4. The molecule has 1 aromatic heterocycles. The van der Waals surface area contributed by atoms with Crippen molar-refractivity contribution in [2.75, 3.05) is 7.11 Å². The minimum absolute atomic E-state index is 0.419. The first kappa shape index (κ1) is 16.0. The van der Waals surface area contributed by atoms with Crippen LogP contribution in [-0.2, 0) is 13.1 Å². The summed E-state index contributed by atoms with van der Waals surface area (Å²) < 4.78 is 5.39. The molecule has 2 aromatic carbocycles. The lowest BCUT2D eigenvalue weighted by molar-refractivity contribution is 0.1000. The van der Waals surface area contributed by atoms with Crippen LogP contribution in [0.2, 0.25) is 0 Å². The first-order valence-electron chi connectivity index (χ1n) is 7.69. The minimum atomic E-state index is -0.419. The van der Waals surface area contributed by atoms with E-state index in [9.17, 15) is 4.79 Å². The summed E-state index contributed by atoms with van der Waals surface area (Å²) in [7, 11) is 1.62. The molecule has 5 nitrogen and oxygen atoms in total. The number of aromatic nitrogens is 1. The molecule has 0 aliphatic rings. The smallest absolute Gasteiger partial charge is 0.248 e. The van der Waals surface area contributed by atoms with Gasteiger partial charge in [0.1, 0.15) is 0 Å². The van der Waals surface area contributed by atoms with E-state index >= 15 is 0 Å². The number of rotatable bonds is 6. The molecule has 3 aromatic rings. The largest absolute Gasteiger partial charge is 0.481 e. The van der Waals surface area contributed by atoms with Gasteiger partial charge in [-0.15, -0.1) is 0 Å². The van der Waals surface area contributed by atoms with Gasteiger partial charge in [-0.05, 0) is 29.8 Å². The number of nitrogens with zero attached hydrogens (tertiary/aromatic N) is 1. The maximum Gasteiger partial charge on any atom is 0.248 e. The number of para-hydroxylation sites is 1. The Balaban J connectivity index is 1.73. The number of nitrogens with two attached hydrogens (primary N) is 1. The van der Waals surface area contributed by atoms with E-state index in [0.29, 0.717) is 24.5 Å². The molecule has 0 aliphatic heterocycles. The van der Waals surface area contributed by atoms with Gasteiger partial charge in [0.2, 0.25) is 11.8 Å². The van der Waals surface area contributed by atoms with Crippen molar-refractivity contribution in [3.8, 4) is 5.88 Å². The Labute approximate surface area is 140 Å². The quantitative estimate of drug-likeness (QED) is 0.731. The maximum absolute atomic E-state index is 11.2. The summed E-state index contributed by atoms with van der Waals surface area (Å²) in [5.74, 6) is 0.198. The lowest BCUT2D eigenvalue weighted by atomic mass is 10.1. The summed E-state index contributed by atoms with van der Waals surface area (Å²) >= 11 is 0. The van der Waals surface area contributed by atoms with Crippen LogP contribution in [0.25, 0.3) is 10.9 Å². The van der Waals surface area contributed by atoms with Gasteiger partial charge in [-0.3, -0.25) is 4.79 Å². The zero-order valence-corrected chi connectivity index (χ0v) is 13.5. The molecule has 24 heavy (non-hydrogen) atoms. The van der Waals surface area contributed by atoms with Gasteiger partial charge in [-0.25, -0.2) is 4.98 Å². The van der Waals surface area contributed by atoms with Crippen molar-refractivity contribution >= 4 is 16.8 Å².